The third-order valence-electron chi connectivity index (χ3n) is 8.55. The van der Waals surface area contributed by atoms with E-state index < -0.39 is 0 Å². The van der Waals surface area contributed by atoms with Gasteiger partial charge in [0.25, 0.3) is 0 Å². The number of para-hydroxylation sites is 2. The highest BCUT2D eigenvalue weighted by molar-refractivity contribution is 6.24. The summed E-state index contributed by atoms with van der Waals surface area (Å²) in [5, 5.41) is 5.01. The highest BCUT2D eigenvalue weighted by Crippen LogP contribution is 2.41. The molecule has 0 aliphatic heterocycles. The molecule has 2 heterocycles. The Morgan fingerprint density at radius 2 is 1.34 bits per heavy atom. The molecule has 0 atom stereocenters. The predicted octanol–water partition coefficient (Wildman–Crippen LogP) is 10.4. The van der Waals surface area contributed by atoms with Crippen LogP contribution in [0.25, 0.3) is 55.5 Å². The van der Waals surface area contributed by atoms with Crippen molar-refractivity contribution in [1.29, 1.82) is 0 Å². The largest absolute Gasteiger partial charge is 0.311 e. The van der Waals surface area contributed by atoms with E-state index in [0.29, 0.717) is 6.54 Å². The second-order valence-electron chi connectivity index (χ2n) is 11.2. The van der Waals surface area contributed by atoms with Gasteiger partial charge in [0.05, 0.1) is 40.5 Å². The number of aliphatic imine (C=N–C) groups is 1. The topological polar surface area (TPSA) is 22.2 Å². The maximum atomic E-state index is 5.01. The predicted molar refractivity (Wildman–Crippen MR) is 187 cm³/mol. The van der Waals surface area contributed by atoms with Gasteiger partial charge in [-0.15, -0.1) is 5.73 Å². The monoisotopic (exact) mass is 565 g/mol. The lowest BCUT2D eigenvalue weighted by atomic mass is 10.1. The van der Waals surface area contributed by atoms with E-state index in [2.05, 4.69) is 148 Å². The molecule has 0 unspecified atom stereocenters. The zero-order valence-corrected chi connectivity index (χ0v) is 24.4. The number of fused-ring (bicyclic) bond motifs is 7. The van der Waals surface area contributed by atoms with Gasteiger partial charge in [-0.25, -0.2) is 0 Å². The van der Waals surface area contributed by atoms with E-state index in [9.17, 15) is 0 Å². The molecule has 5 aromatic carbocycles. The Balaban J connectivity index is 1.38. The van der Waals surface area contributed by atoms with Crippen molar-refractivity contribution in [2.45, 2.75) is 19.4 Å². The van der Waals surface area contributed by atoms with Crippen LogP contribution in [0.3, 0.4) is 0 Å². The van der Waals surface area contributed by atoms with Gasteiger partial charge in [-0.05, 0) is 36.6 Å². The number of allylic oxidation sites excluding steroid dienone is 5. The molecule has 0 bridgehead atoms. The molecule has 2 aromatic heterocycles. The fourth-order valence-corrected chi connectivity index (χ4v) is 6.52. The number of rotatable bonds is 6. The van der Waals surface area contributed by atoms with Crippen molar-refractivity contribution in [3.8, 4) is 0 Å². The molecule has 0 N–H and O–H groups in total. The molecule has 8 rings (SSSR count). The fraction of sp³-hybridized carbons (Fsp3) is 0.0732. The van der Waals surface area contributed by atoms with Crippen LogP contribution < -0.4 is 0 Å². The Bertz CT molecular complexity index is 2320. The molecule has 0 saturated carbocycles. The Morgan fingerprint density at radius 1 is 0.682 bits per heavy atom. The Hall–Kier alpha value is -5.63. The average molecular weight is 566 g/mol. The number of benzene rings is 5. The highest BCUT2D eigenvalue weighted by Gasteiger charge is 2.20. The molecule has 3 heteroatoms. The maximum absolute atomic E-state index is 5.01. The van der Waals surface area contributed by atoms with Gasteiger partial charge in [-0.1, -0.05) is 121 Å². The normalized spacial score (nSPS) is 13.5. The van der Waals surface area contributed by atoms with Gasteiger partial charge in [-0.3, -0.25) is 4.99 Å². The lowest BCUT2D eigenvalue weighted by Gasteiger charge is -2.15. The summed E-state index contributed by atoms with van der Waals surface area (Å²) >= 11 is 0. The van der Waals surface area contributed by atoms with Gasteiger partial charge >= 0.3 is 0 Å². The van der Waals surface area contributed by atoms with Crippen molar-refractivity contribution in [1.82, 2.24) is 9.13 Å². The van der Waals surface area contributed by atoms with Crippen molar-refractivity contribution in [3.63, 3.8) is 0 Å². The van der Waals surface area contributed by atoms with Gasteiger partial charge in [-0.2, -0.15) is 0 Å². The third-order valence-corrected chi connectivity index (χ3v) is 8.55. The standard InChI is InChI=1S/C41H31N3/c1-4-15-30(16-5-1)29-42-37(31-17-6-2-7-18-31)23-14-28-43-38-24-12-10-21-33(38)35-26-27-36-34-22-11-13-25-39(34)44(41(36)40(35)43)32-19-8-3-9-20-32/h1-8,10-13,15-19,21-28H,9,20,29H2. The fourth-order valence-electron chi connectivity index (χ4n) is 6.52. The van der Waals surface area contributed by atoms with Crippen LogP contribution >= 0.6 is 0 Å². The first-order valence-electron chi connectivity index (χ1n) is 15.2. The van der Waals surface area contributed by atoms with E-state index in [-0.39, 0.29) is 0 Å². The summed E-state index contributed by atoms with van der Waals surface area (Å²) in [6.45, 7) is 0.614. The van der Waals surface area contributed by atoms with E-state index >= 15 is 0 Å². The molecule has 1 aliphatic rings. The van der Waals surface area contributed by atoms with Crippen molar-refractivity contribution >= 4 is 61.2 Å². The van der Waals surface area contributed by atoms with Crippen molar-refractivity contribution < 1.29 is 0 Å². The van der Waals surface area contributed by atoms with E-state index in [0.717, 1.165) is 29.6 Å². The second kappa shape index (κ2) is 11.2. The second-order valence-corrected chi connectivity index (χ2v) is 11.2. The molecule has 44 heavy (non-hydrogen) atoms. The van der Waals surface area contributed by atoms with Gasteiger partial charge in [0.2, 0.25) is 0 Å². The van der Waals surface area contributed by atoms with E-state index in [1.165, 1.54) is 49.4 Å². The maximum Gasteiger partial charge on any atom is 0.0789 e. The summed E-state index contributed by atoms with van der Waals surface area (Å²) in [5.41, 5.74) is 12.9. The first-order valence-corrected chi connectivity index (χ1v) is 15.2. The molecule has 0 radical (unpaired) electrons. The van der Waals surface area contributed by atoms with Crippen LogP contribution in [0.5, 0.6) is 0 Å². The van der Waals surface area contributed by atoms with Crippen LogP contribution in [0.1, 0.15) is 24.0 Å². The Kier molecular flexibility index (Phi) is 6.64. The van der Waals surface area contributed by atoms with Gasteiger partial charge in [0.15, 0.2) is 0 Å². The van der Waals surface area contributed by atoms with Crippen LogP contribution in [0.2, 0.25) is 0 Å². The van der Waals surface area contributed by atoms with Crippen LogP contribution in [0.4, 0.5) is 0 Å². The minimum Gasteiger partial charge on any atom is -0.311 e. The molecule has 210 valence electrons. The summed E-state index contributed by atoms with van der Waals surface area (Å²) in [6, 6.07) is 42.8. The molecule has 0 saturated heterocycles. The number of hydrogen-bond donors (Lipinski definition) is 0. The van der Waals surface area contributed by atoms with E-state index in [4.69, 9.17) is 4.99 Å². The molecule has 0 amide bonds. The highest BCUT2D eigenvalue weighted by atomic mass is 15.0. The lowest BCUT2D eigenvalue weighted by Crippen LogP contribution is -2.00. The lowest BCUT2D eigenvalue weighted by molar-refractivity contribution is 0.979. The SMILES string of the molecule is C(=CC(=NCc1ccccc1)c1ccccc1)=Cn1c2ccccc2c2ccc3c4ccccc4n(C4=CC=CCC4)c3c21. The summed E-state index contributed by atoms with van der Waals surface area (Å²) in [5.74, 6) is 0. The summed E-state index contributed by atoms with van der Waals surface area (Å²) < 4.78 is 4.80. The van der Waals surface area contributed by atoms with Crippen molar-refractivity contribution in [2.24, 2.45) is 4.99 Å². The van der Waals surface area contributed by atoms with Crippen molar-refractivity contribution in [2.75, 3.05) is 0 Å². The first kappa shape index (κ1) is 26.0. The average Bonchev–Trinajstić information content (AvgIpc) is 3.60. The summed E-state index contributed by atoms with van der Waals surface area (Å²) in [7, 11) is 0. The summed E-state index contributed by atoms with van der Waals surface area (Å²) in [4.78, 5) is 5.01. The number of hydrogen-bond acceptors (Lipinski definition) is 1. The van der Waals surface area contributed by atoms with Crippen LogP contribution in [0.15, 0.2) is 156 Å². The Morgan fingerprint density at radius 3 is 2.09 bits per heavy atom. The van der Waals surface area contributed by atoms with Crippen molar-refractivity contribution in [3.05, 3.63) is 162 Å². The van der Waals surface area contributed by atoms with E-state index in [1.807, 2.05) is 18.2 Å². The number of aromatic nitrogens is 2. The number of nitrogens with zero attached hydrogens (tertiary/aromatic N) is 3. The zero-order valence-electron chi connectivity index (χ0n) is 24.4. The van der Waals surface area contributed by atoms with Gasteiger partial charge < -0.3 is 9.13 Å². The van der Waals surface area contributed by atoms with Crippen LogP contribution in [-0.2, 0) is 6.54 Å². The molecular weight excluding hydrogens is 534 g/mol. The molecule has 1 aliphatic carbocycles. The molecule has 3 nitrogen and oxygen atoms in total. The van der Waals surface area contributed by atoms with Crippen LogP contribution in [0, 0.1) is 0 Å². The zero-order chi connectivity index (χ0) is 29.3. The van der Waals surface area contributed by atoms with E-state index in [1.54, 1.807) is 0 Å². The molecule has 0 spiro atoms. The first-order chi connectivity index (χ1) is 21.9. The minimum atomic E-state index is 0.614. The Labute approximate surface area is 256 Å². The quantitative estimate of drug-likeness (QED) is 0.141. The van der Waals surface area contributed by atoms with Crippen LogP contribution in [-0.4, -0.2) is 14.8 Å². The van der Waals surface area contributed by atoms with Gasteiger partial charge in [0.1, 0.15) is 0 Å². The smallest absolute Gasteiger partial charge is 0.0789 e. The molecule has 0 fully saturated rings. The molecular formula is C41H31N3. The minimum absolute atomic E-state index is 0.614. The van der Waals surface area contributed by atoms with Gasteiger partial charge in [0, 0.05) is 38.9 Å². The third kappa shape index (κ3) is 4.52. The summed E-state index contributed by atoms with van der Waals surface area (Å²) in [6.07, 6.45) is 12.9. The molecule has 7 aromatic rings.